The van der Waals surface area contributed by atoms with E-state index in [1.807, 2.05) is 13.8 Å². The maximum absolute atomic E-state index is 13.1. The van der Waals surface area contributed by atoms with Gasteiger partial charge in [0.05, 0.1) is 12.0 Å². The summed E-state index contributed by atoms with van der Waals surface area (Å²) in [4.78, 5) is 24.7. The molecular formula is C20H23FN2O4. The van der Waals surface area contributed by atoms with E-state index in [4.69, 9.17) is 9.26 Å². The van der Waals surface area contributed by atoms with Crippen LogP contribution in [0.4, 0.5) is 4.39 Å². The lowest BCUT2D eigenvalue weighted by Crippen LogP contribution is -2.46. The number of cyclic esters (lactones) is 1. The highest BCUT2D eigenvalue weighted by Gasteiger charge is 2.40. The SMILES string of the molecule is Cc1cc(C(=O)N[C@@H](C(C)C)C2C[C@@H](Cc3ccc(F)cc3)C(=O)O2)no1. The molecule has 7 heteroatoms. The molecule has 1 amide bonds. The fraction of sp³-hybridized carbons (Fsp3) is 0.450. The summed E-state index contributed by atoms with van der Waals surface area (Å²) in [5, 5.41) is 6.63. The van der Waals surface area contributed by atoms with E-state index in [0.29, 0.717) is 18.6 Å². The Morgan fingerprint density at radius 3 is 2.63 bits per heavy atom. The number of nitrogens with zero attached hydrogens (tertiary/aromatic N) is 1. The number of ether oxygens (including phenoxy) is 1. The van der Waals surface area contributed by atoms with Gasteiger partial charge in [0.2, 0.25) is 0 Å². The molecule has 1 N–H and O–H groups in total. The van der Waals surface area contributed by atoms with E-state index in [-0.39, 0.29) is 41.3 Å². The molecule has 2 heterocycles. The fourth-order valence-electron chi connectivity index (χ4n) is 3.35. The van der Waals surface area contributed by atoms with Gasteiger partial charge < -0.3 is 14.6 Å². The van der Waals surface area contributed by atoms with Crippen LogP contribution in [-0.2, 0) is 16.0 Å². The van der Waals surface area contributed by atoms with Crippen molar-refractivity contribution in [3.05, 3.63) is 53.2 Å². The van der Waals surface area contributed by atoms with Crippen molar-refractivity contribution in [1.29, 1.82) is 0 Å². The first-order chi connectivity index (χ1) is 12.8. The van der Waals surface area contributed by atoms with Gasteiger partial charge in [-0.15, -0.1) is 0 Å². The molecule has 1 aromatic heterocycles. The summed E-state index contributed by atoms with van der Waals surface area (Å²) in [6, 6.07) is 7.32. The number of esters is 1. The second kappa shape index (κ2) is 7.90. The molecule has 1 aliphatic heterocycles. The molecule has 0 aliphatic carbocycles. The molecule has 1 saturated heterocycles. The standard InChI is InChI=1S/C20H23FN2O4/c1-11(2)18(22-19(24)16-8-12(3)27-23-16)17-10-14(20(25)26-17)9-13-4-6-15(21)7-5-13/h4-8,11,14,17-18H,9-10H2,1-3H3,(H,22,24)/t14-,17?,18+/m1/s1. The summed E-state index contributed by atoms with van der Waals surface area (Å²) in [6.45, 7) is 5.63. The van der Waals surface area contributed by atoms with Gasteiger partial charge >= 0.3 is 5.97 Å². The van der Waals surface area contributed by atoms with Gasteiger partial charge in [-0.05, 0) is 37.0 Å². The molecule has 27 heavy (non-hydrogen) atoms. The first kappa shape index (κ1) is 19.1. The van der Waals surface area contributed by atoms with Crippen LogP contribution in [0.2, 0.25) is 0 Å². The second-order valence-electron chi connectivity index (χ2n) is 7.30. The third-order valence-corrected chi connectivity index (χ3v) is 4.79. The maximum Gasteiger partial charge on any atom is 0.309 e. The third kappa shape index (κ3) is 4.53. The number of amides is 1. The zero-order valence-corrected chi connectivity index (χ0v) is 15.6. The lowest BCUT2D eigenvalue weighted by Gasteiger charge is -2.26. The largest absolute Gasteiger partial charge is 0.460 e. The van der Waals surface area contributed by atoms with Crippen LogP contribution in [0.25, 0.3) is 0 Å². The van der Waals surface area contributed by atoms with Crippen LogP contribution in [0.3, 0.4) is 0 Å². The number of carbonyl (C=O) groups excluding carboxylic acids is 2. The number of aryl methyl sites for hydroxylation is 1. The van der Waals surface area contributed by atoms with Crippen molar-refractivity contribution in [2.75, 3.05) is 0 Å². The van der Waals surface area contributed by atoms with E-state index in [1.54, 1.807) is 25.1 Å². The van der Waals surface area contributed by atoms with Crippen LogP contribution in [-0.4, -0.2) is 29.2 Å². The summed E-state index contributed by atoms with van der Waals surface area (Å²) >= 11 is 0. The topological polar surface area (TPSA) is 81.4 Å². The molecule has 0 spiro atoms. The van der Waals surface area contributed by atoms with E-state index in [9.17, 15) is 14.0 Å². The average molecular weight is 374 g/mol. The van der Waals surface area contributed by atoms with Crippen molar-refractivity contribution in [3.63, 3.8) is 0 Å². The minimum Gasteiger partial charge on any atom is -0.460 e. The number of halogens is 1. The fourth-order valence-corrected chi connectivity index (χ4v) is 3.35. The first-order valence-corrected chi connectivity index (χ1v) is 9.02. The highest BCUT2D eigenvalue weighted by molar-refractivity contribution is 5.92. The molecule has 0 radical (unpaired) electrons. The maximum atomic E-state index is 13.1. The number of carbonyl (C=O) groups is 2. The molecule has 6 nitrogen and oxygen atoms in total. The molecule has 0 saturated carbocycles. The van der Waals surface area contributed by atoms with Crippen LogP contribution in [0.5, 0.6) is 0 Å². The predicted molar refractivity (Wildman–Crippen MR) is 95.4 cm³/mol. The lowest BCUT2D eigenvalue weighted by atomic mass is 9.90. The molecule has 3 rings (SSSR count). The van der Waals surface area contributed by atoms with Gasteiger partial charge in [0, 0.05) is 12.5 Å². The summed E-state index contributed by atoms with van der Waals surface area (Å²) in [5.41, 5.74) is 1.08. The number of hydrogen-bond donors (Lipinski definition) is 1. The molecule has 1 unspecified atom stereocenters. The minimum atomic E-state index is -0.417. The Morgan fingerprint density at radius 2 is 2.04 bits per heavy atom. The Labute approximate surface area is 157 Å². The number of benzene rings is 1. The van der Waals surface area contributed by atoms with Crippen LogP contribution in [0.15, 0.2) is 34.9 Å². The van der Waals surface area contributed by atoms with Crippen molar-refractivity contribution in [2.45, 2.75) is 45.8 Å². The summed E-state index contributed by atoms with van der Waals surface area (Å²) < 4.78 is 23.6. The van der Waals surface area contributed by atoms with Crippen LogP contribution in [0.1, 0.15) is 42.1 Å². The van der Waals surface area contributed by atoms with Gasteiger partial charge in [0.1, 0.15) is 17.7 Å². The van der Waals surface area contributed by atoms with Crippen molar-refractivity contribution >= 4 is 11.9 Å². The van der Waals surface area contributed by atoms with Crippen molar-refractivity contribution in [2.24, 2.45) is 11.8 Å². The lowest BCUT2D eigenvalue weighted by molar-refractivity contribution is -0.145. The second-order valence-corrected chi connectivity index (χ2v) is 7.30. The Hall–Kier alpha value is -2.70. The zero-order valence-electron chi connectivity index (χ0n) is 15.6. The van der Waals surface area contributed by atoms with Gasteiger partial charge in [0.15, 0.2) is 5.69 Å². The number of rotatable bonds is 6. The van der Waals surface area contributed by atoms with Crippen molar-refractivity contribution in [3.8, 4) is 0 Å². The smallest absolute Gasteiger partial charge is 0.309 e. The monoisotopic (exact) mass is 374 g/mol. The molecule has 3 atom stereocenters. The predicted octanol–water partition coefficient (Wildman–Crippen LogP) is 3.05. The van der Waals surface area contributed by atoms with Crippen LogP contribution < -0.4 is 5.32 Å². The van der Waals surface area contributed by atoms with Gasteiger partial charge in [-0.2, -0.15) is 0 Å². The van der Waals surface area contributed by atoms with E-state index in [0.717, 1.165) is 5.56 Å². The Morgan fingerprint density at radius 1 is 1.33 bits per heavy atom. The van der Waals surface area contributed by atoms with Gasteiger partial charge in [-0.25, -0.2) is 4.39 Å². The van der Waals surface area contributed by atoms with Gasteiger partial charge in [-0.1, -0.05) is 31.1 Å². The van der Waals surface area contributed by atoms with E-state index >= 15 is 0 Å². The van der Waals surface area contributed by atoms with E-state index in [1.165, 1.54) is 12.1 Å². The number of aromatic nitrogens is 1. The molecule has 1 aliphatic rings. The average Bonchev–Trinajstić information content (AvgIpc) is 3.20. The van der Waals surface area contributed by atoms with Crippen molar-refractivity contribution in [1.82, 2.24) is 10.5 Å². The van der Waals surface area contributed by atoms with E-state index in [2.05, 4.69) is 10.5 Å². The Kier molecular flexibility index (Phi) is 5.58. The van der Waals surface area contributed by atoms with Gasteiger partial charge in [-0.3, -0.25) is 9.59 Å². The summed E-state index contributed by atoms with van der Waals surface area (Å²) in [7, 11) is 0. The molecule has 1 fully saturated rings. The molecule has 1 aromatic carbocycles. The highest BCUT2D eigenvalue weighted by atomic mass is 19.1. The Balaban J connectivity index is 1.66. The number of nitrogens with one attached hydrogen (secondary N) is 1. The minimum absolute atomic E-state index is 0.0596. The summed E-state index contributed by atoms with van der Waals surface area (Å²) in [6.07, 6.45) is 0.563. The third-order valence-electron chi connectivity index (χ3n) is 4.79. The quantitative estimate of drug-likeness (QED) is 0.786. The number of hydrogen-bond acceptors (Lipinski definition) is 5. The molecule has 144 valence electrons. The zero-order chi connectivity index (χ0) is 19.6. The van der Waals surface area contributed by atoms with E-state index < -0.39 is 6.10 Å². The van der Waals surface area contributed by atoms with Crippen LogP contribution in [0, 0.1) is 24.6 Å². The molecular weight excluding hydrogens is 351 g/mol. The van der Waals surface area contributed by atoms with Gasteiger partial charge in [0.25, 0.3) is 5.91 Å². The molecule has 0 bridgehead atoms. The Bertz CT molecular complexity index is 816. The van der Waals surface area contributed by atoms with Crippen LogP contribution >= 0.6 is 0 Å². The normalized spacial score (nSPS) is 20.6. The summed E-state index contributed by atoms with van der Waals surface area (Å²) in [5.74, 6) is -0.661. The first-order valence-electron chi connectivity index (χ1n) is 9.02. The highest BCUT2D eigenvalue weighted by Crippen LogP contribution is 2.29. The van der Waals surface area contributed by atoms with Crippen molar-refractivity contribution < 1.29 is 23.2 Å². The molecule has 2 aromatic rings.